The van der Waals surface area contributed by atoms with Gasteiger partial charge in [0.05, 0.1) is 0 Å². The quantitative estimate of drug-likeness (QED) is 0.588. The lowest BCUT2D eigenvalue weighted by atomic mass is 9.90. The van der Waals surface area contributed by atoms with E-state index in [4.69, 9.17) is 0 Å². The van der Waals surface area contributed by atoms with E-state index in [0.717, 1.165) is 25.1 Å². The van der Waals surface area contributed by atoms with Gasteiger partial charge in [-0.05, 0) is 43.2 Å². The van der Waals surface area contributed by atoms with Crippen molar-refractivity contribution in [1.82, 2.24) is 9.97 Å². The van der Waals surface area contributed by atoms with Gasteiger partial charge in [-0.15, -0.1) is 0 Å². The van der Waals surface area contributed by atoms with E-state index in [9.17, 15) is 4.79 Å². The Morgan fingerprint density at radius 2 is 1.77 bits per heavy atom. The van der Waals surface area contributed by atoms with Crippen LogP contribution in [-0.2, 0) is 17.6 Å². The van der Waals surface area contributed by atoms with Gasteiger partial charge in [0.25, 0.3) is 0 Å². The van der Waals surface area contributed by atoms with Gasteiger partial charge in [0.15, 0.2) is 5.78 Å². The van der Waals surface area contributed by atoms with E-state index in [1.54, 1.807) is 0 Å². The first-order chi connectivity index (χ1) is 10.6. The molecule has 0 atom stereocenters. The van der Waals surface area contributed by atoms with Gasteiger partial charge < -0.3 is 0 Å². The fraction of sp³-hybridized carbons (Fsp3) is 0.632. The first-order valence-corrected chi connectivity index (χ1v) is 8.67. The zero-order valence-corrected chi connectivity index (χ0v) is 14.6. The third kappa shape index (κ3) is 6.08. The van der Waals surface area contributed by atoms with Gasteiger partial charge >= 0.3 is 0 Å². The van der Waals surface area contributed by atoms with E-state index >= 15 is 0 Å². The van der Waals surface area contributed by atoms with E-state index in [1.165, 1.54) is 24.0 Å². The summed E-state index contributed by atoms with van der Waals surface area (Å²) in [6.07, 6.45) is 12.4. The second-order valence-corrected chi connectivity index (χ2v) is 5.84. The molecule has 0 aliphatic rings. The normalized spacial score (nSPS) is 12.0. The van der Waals surface area contributed by atoms with E-state index in [2.05, 4.69) is 30.7 Å². The number of hydrogen-bond donors (Lipinski definition) is 0. The van der Waals surface area contributed by atoms with Crippen LogP contribution in [0.25, 0.3) is 0 Å². The molecule has 1 aromatic heterocycles. The maximum absolute atomic E-state index is 11.8. The van der Waals surface area contributed by atoms with Crippen molar-refractivity contribution in [3.63, 3.8) is 0 Å². The molecule has 0 aliphatic carbocycles. The summed E-state index contributed by atoms with van der Waals surface area (Å²) in [6, 6.07) is 0. The van der Waals surface area contributed by atoms with Crippen LogP contribution >= 0.6 is 0 Å². The van der Waals surface area contributed by atoms with Gasteiger partial charge in [-0.2, -0.15) is 0 Å². The van der Waals surface area contributed by atoms with Crippen molar-refractivity contribution in [2.45, 2.75) is 72.6 Å². The Balaban J connectivity index is 2.84. The monoisotopic (exact) mass is 302 g/mol. The predicted molar refractivity (Wildman–Crippen MR) is 91.8 cm³/mol. The number of aryl methyl sites for hydroxylation is 1. The van der Waals surface area contributed by atoms with Crippen LogP contribution in [0.5, 0.6) is 0 Å². The average molecular weight is 302 g/mol. The fourth-order valence-corrected chi connectivity index (χ4v) is 2.60. The summed E-state index contributed by atoms with van der Waals surface area (Å²) in [6.45, 7) is 8.44. The summed E-state index contributed by atoms with van der Waals surface area (Å²) < 4.78 is 0. The Morgan fingerprint density at radius 1 is 1.14 bits per heavy atom. The minimum atomic E-state index is 0.196. The first-order valence-electron chi connectivity index (χ1n) is 8.67. The topological polar surface area (TPSA) is 42.9 Å². The molecule has 1 rings (SSSR count). The number of carbonyl (C=O) groups excluding carboxylic acids is 1. The highest BCUT2D eigenvalue weighted by Gasteiger charge is 2.14. The van der Waals surface area contributed by atoms with Gasteiger partial charge in [0.1, 0.15) is 5.82 Å². The first kappa shape index (κ1) is 18.5. The molecule has 0 radical (unpaired) electrons. The maximum atomic E-state index is 11.8. The smallest absolute Gasteiger partial charge is 0.155 e. The molecule has 0 N–H and O–H groups in total. The van der Waals surface area contributed by atoms with Crippen molar-refractivity contribution < 1.29 is 4.79 Å². The number of rotatable bonds is 10. The molecule has 0 unspecified atom stereocenters. The van der Waals surface area contributed by atoms with E-state index in [-0.39, 0.29) is 5.78 Å². The van der Waals surface area contributed by atoms with Gasteiger partial charge in [0, 0.05) is 25.2 Å². The number of carbonyl (C=O) groups is 1. The number of hydrogen-bond acceptors (Lipinski definition) is 3. The molecule has 0 bridgehead atoms. The summed E-state index contributed by atoms with van der Waals surface area (Å²) in [5.41, 5.74) is 2.38. The summed E-state index contributed by atoms with van der Waals surface area (Å²) >= 11 is 0. The van der Waals surface area contributed by atoms with Gasteiger partial charge in [-0.3, -0.25) is 4.79 Å². The minimum Gasteiger partial charge on any atom is -0.295 e. The molecule has 3 heteroatoms. The molecule has 122 valence electrons. The standard InChI is InChI=1S/C19H30N2O/c1-5-9-10-15-13-20-19(21-14-15)12-17(11-18(22)8-4)16(6-2)7-3/h11,13-14,16H,5-10,12H2,1-4H3/b17-11-. The van der Waals surface area contributed by atoms with E-state index in [0.29, 0.717) is 18.8 Å². The highest BCUT2D eigenvalue weighted by Crippen LogP contribution is 2.22. The van der Waals surface area contributed by atoms with E-state index < -0.39 is 0 Å². The van der Waals surface area contributed by atoms with Crippen molar-refractivity contribution in [3.8, 4) is 0 Å². The summed E-state index contributed by atoms with van der Waals surface area (Å²) in [7, 11) is 0. The van der Waals surface area contributed by atoms with Crippen LogP contribution < -0.4 is 0 Å². The molecule has 0 saturated heterocycles. The molecule has 1 heterocycles. The highest BCUT2D eigenvalue weighted by molar-refractivity contribution is 5.90. The van der Waals surface area contributed by atoms with Crippen LogP contribution in [0.15, 0.2) is 24.0 Å². The molecule has 0 spiro atoms. The number of aromatic nitrogens is 2. The zero-order chi connectivity index (χ0) is 16.4. The molecular formula is C19H30N2O. The van der Waals surface area contributed by atoms with Crippen LogP contribution in [0, 0.1) is 5.92 Å². The molecular weight excluding hydrogens is 272 g/mol. The van der Waals surface area contributed by atoms with Gasteiger partial charge in [-0.1, -0.05) is 39.7 Å². The van der Waals surface area contributed by atoms with Crippen LogP contribution in [0.3, 0.4) is 0 Å². The summed E-state index contributed by atoms with van der Waals surface area (Å²) in [5, 5.41) is 0. The SMILES string of the molecule is CCCCc1cnc(C/C(=C/C(=O)CC)C(CC)CC)nc1. The Labute approximate surface area is 135 Å². The van der Waals surface area contributed by atoms with Crippen molar-refractivity contribution in [2.24, 2.45) is 5.92 Å². The molecule has 1 aromatic rings. The van der Waals surface area contributed by atoms with Crippen molar-refractivity contribution in [1.29, 1.82) is 0 Å². The second kappa shape index (κ2) is 10.3. The number of allylic oxidation sites excluding steroid dienone is 2. The van der Waals surface area contributed by atoms with Gasteiger partial charge in [0.2, 0.25) is 0 Å². The predicted octanol–water partition coefficient (Wildman–Crippen LogP) is 4.70. The third-order valence-corrected chi connectivity index (χ3v) is 4.14. The van der Waals surface area contributed by atoms with Crippen molar-refractivity contribution in [3.05, 3.63) is 35.4 Å². The molecule has 0 saturated carbocycles. The lowest BCUT2D eigenvalue weighted by molar-refractivity contribution is -0.114. The molecule has 0 aliphatic heterocycles. The number of unbranched alkanes of at least 4 members (excludes halogenated alkanes) is 1. The second-order valence-electron chi connectivity index (χ2n) is 5.84. The van der Waals surface area contributed by atoms with Gasteiger partial charge in [-0.25, -0.2) is 9.97 Å². The lowest BCUT2D eigenvalue weighted by Crippen LogP contribution is -2.09. The molecule has 3 nitrogen and oxygen atoms in total. The Kier molecular flexibility index (Phi) is 8.64. The van der Waals surface area contributed by atoms with Crippen LogP contribution in [0.2, 0.25) is 0 Å². The number of ketones is 1. The molecule has 22 heavy (non-hydrogen) atoms. The highest BCUT2D eigenvalue weighted by atomic mass is 16.1. The maximum Gasteiger partial charge on any atom is 0.155 e. The Hall–Kier alpha value is -1.51. The molecule has 0 aromatic carbocycles. The molecule has 0 fully saturated rings. The fourth-order valence-electron chi connectivity index (χ4n) is 2.60. The minimum absolute atomic E-state index is 0.196. The van der Waals surface area contributed by atoms with Crippen LogP contribution in [-0.4, -0.2) is 15.8 Å². The Bertz CT molecular complexity index is 473. The zero-order valence-electron chi connectivity index (χ0n) is 14.6. The lowest BCUT2D eigenvalue weighted by Gasteiger charge is -2.16. The van der Waals surface area contributed by atoms with Crippen LogP contribution in [0.4, 0.5) is 0 Å². The van der Waals surface area contributed by atoms with Crippen molar-refractivity contribution >= 4 is 5.78 Å². The van der Waals surface area contributed by atoms with E-state index in [1.807, 2.05) is 25.4 Å². The number of nitrogens with zero attached hydrogens (tertiary/aromatic N) is 2. The third-order valence-electron chi connectivity index (χ3n) is 4.14. The molecule has 0 amide bonds. The summed E-state index contributed by atoms with van der Waals surface area (Å²) in [4.78, 5) is 20.8. The average Bonchev–Trinajstić information content (AvgIpc) is 2.55. The largest absolute Gasteiger partial charge is 0.295 e. The van der Waals surface area contributed by atoms with Crippen LogP contribution in [0.1, 0.15) is 71.2 Å². The summed E-state index contributed by atoms with van der Waals surface area (Å²) in [5.74, 6) is 1.46. The van der Waals surface area contributed by atoms with Crippen molar-refractivity contribution in [2.75, 3.05) is 0 Å². The Morgan fingerprint density at radius 3 is 2.27 bits per heavy atom.